The lowest BCUT2D eigenvalue weighted by Crippen LogP contribution is -2.69. The molecule has 300 valence electrons. The van der Waals surface area contributed by atoms with E-state index in [1.54, 1.807) is 0 Å². The molecule has 9 amide bonds. The Labute approximate surface area is 308 Å². The van der Waals surface area contributed by atoms with Gasteiger partial charge in [0, 0.05) is 32.5 Å². The summed E-state index contributed by atoms with van der Waals surface area (Å²) in [5.41, 5.74) is 0. The van der Waals surface area contributed by atoms with Gasteiger partial charge in [0.1, 0.15) is 24.2 Å². The Bertz CT molecular complexity index is 1780. The SMILES string of the molecule is O=C(N[C@H]1CCCCNC1=O)ON1C(=O)CCC1=O.O=C1NCCCC[C@@H]1NC(=O)N1CC[C@@H]2[C@H]1C(=O)N2S(=O)(=O)O.O=C1[C@H]2NCC[C@H]2N1S(=O)(=O)O. The predicted molar refractivity (Wildman–Crippen MR) is 176 cm³/mol. The summed E-state index contributed by atoms with van der Waals surface area (Å²) in [6.07, 6.45) is 4.26. The molecule has 0 radical (unpaired) electrons. The molecular weight excluding hydrogens is 766 g/mol. The molecule has 7 fully saturated rings. The summed E-state index contributed by atoms with van der Waals surface area (Å²) in [7, 11) is -8.92. The minimum Gasteiger partial charge on any atom is -0.354 e. The topological polar surface area (TPSA) is 328 Å². The Morgan fingerprint density at radius 2 is 1.22 bits per heavy atom. The molecule has 0 aliphatic carbocycles. The Morgan fingerprint density at radius 3 is 1.78 bits per heavy atom. The normalized spacial score (nSPS) is 29.4. The zero-order valence-electron chi connectivity index (χ0n) is 28.7. The van der Waals surface area contributed by atoms with Gasteiger partial charge in [-0.15, -0.1) is 5.06 Å². The van der Waals surface area contributed by atoms with Crippen LogP contribution in [0.1, 0.15) is 64.2 Å². The van der Waals surface area contributed by atoms with E-state index in [4.69, 9.17) is 9.11 Å². The lowest BCUT2D eigenvalue weighted by atomic mass is 10.0. The Balaban J connectivity index is 0.000000163. The molecule has 7 aliphatic rings. The first-order chi connectivity index (χ1) is 25.4. The van der Waals surface area contributed by atoms with Crippen molar-refractivity contribution in [3.63, 3.8) is 0 Å². The second-order valence-corrected chi connectivity index (χ2v) is 15.8. The number of nitrogens with one attached hydrogen (secondary N) is 5. The number of hydrogen-bond donors (Lipinski definition) is 7. The number of rotatable bonds is 5. The standard InChI is InChI=1S/C12H18N4O6S.C11H15N3O5.C5H8N2O4S/c17-10-7(3-1-2-5-13-10)14-12(19)15-6-4-8-9(15)11(18)16(8)23(20,21)22;15-8-4-5-9(16)14(8)19-11(18)13-7-3-1-2-6-12-10(7)17;8-5-4-3(1-2-6-4)7(5)12(9,10)11/h7-9H,1-6H2,(H,13,17)(H,14,19)(H,20,21,22);7H,1-6H2,(H,12,17)(H,13,18);3-4,6H,1-2H2,(H,9,10,11)/t7-,8+,9-;7-;3-,4+/m001/s1. The molecule has 0 unspecified atom stereocenters. The van der Waals surface area contributed by atoms with Gasteiger partial charge in [0.2, 0.25) is 11.8 Å². The summed E-state index contributed by atoms with van der Waals surface area (Å²) < 4.78 is 62.0. The fourth-order valence-electron chi connectivity index (χ4n) is 7.04. The van der Waals surface area contributed by atoms with Crippen LogP contribution in [0.5, 0.6) is 0 Å². The number of carbonyl (C=O) groups excluding carboxylic acids is 8. The molecule has 7 aliphatic heterocycles. The summed E-state index contributed by atoms with van der Waals surface area (Å²) in [5.74, 6) is -3.02. The van der Waals surface area contributed by atoms with Gasteiger partial charge in [-0.1, -0.05) is 0 Å². The minimum atomic E-state index is -4.60. The van der Waals surface area contributed by atoms with E-state index in [1.165, 1.54) is 4.90 Å². The number of hydrogen-bond acceptors (Lipinski definition) is 14. The van der Waals surface area contributed by atoms with Crippen LogP contribution in [0.15, 0.2) is 0 Å². The third-order valence-corrected chi connectivity index (χ3v) is 11.6. The van der Waals surface area contributed by atoms with Crippen molar-refractivity contribution in [2.24, 2.45) is 0 Å². The van der Waals surface area contributed by atoms with Crippen LogP contribution in [0, 0.1) is 0 Å². The second-order valence-electron chi connectivity index (χ2n) is 13.2. The van der Waals surface area contributed by atoms with Crippen LogP contribution in [-0.2, 0) is 54.2 Å². The fourth-order valence-corrected chi connectivity index (χ4v) is 8.84. The summed E-state index contributed by atoms with van der Waals surface area (Å²) in [6.45, 7) is 1.96. The van der Waals surface area contributed by atoms with Crippen LogP contribution in [-0.4, -0.2) is 155 Å². The van der Waals surface area contributed by atoms with Gasteiger partial charge < -0.3 is 36.3 Å². The van der Waals surface area contributed by atoms with Gasteiger partial charge >= 0.3 is 32.7 Å². The Hall–Kier alpha value is -4.66. The van der Waals surface area contributed by atoms with Crippen LogP contribution >= 0.6 is 0 Å². The number of imide groups is 1. The maximum atomic E-state index is 12.3. The van der Waals surface area contributed by atoms with Crippen LogP contribution in [0.4, 0.5) is 9.59 Å². The molecule has 0 aromatic heterocycles. The van der Waals surface area contributed by atoms with E-state index in [-0.39, 0.29) is 43.7 Å². The van der Waals surface area contributed by atoms with E-state index in [9.17, 15) is 55.2 Å². The predicted octanol–water partition coefficient (Wildman–Crippen LogP) is -3.74. The quantitative estimate of drug-likeness (QED) is 0.0797. The third-order valence-electron chi connectivity index (χ3n) is 9.71. The first-order valence-electron chi connectivity index (χ1n) is 17.2. The van der Waals surface area contributed by atoms with Gasteiger partial charge in [0.25, 0.3) is 23.6 Å². The molecule has 24 nitrogen and oxygen atoms in total. The zero-order valence-corrected chi connectivity index (χ0v) is 30.3. The highest BCUT2D eigenvalue weighted by Crippen LogP contribution is 2.35. The number of urea groups is 1. The van der Waals surface area contributed by atoms with E-state index in [0.29, 0.717) is 52.6 Å². The summed E-state index contributed by atoms with van der Waals surface area (Å²) >= 11 is 0. The summed E-state index contributed by atoms with van der Waals surface area (Å²) in [6, 6.07) is -4.31. The monoisotopic (exact) mass is 807 g/mol. The fraction of sp³-hybridized carbons (Fsp3) is 0.714. The Kier molecular flexibility index (Phi) is 12.3. The van der Waals surface area contributed by atoms with E-state index in [2.05, 4.69) is 31.4 Å². The first kappa shape index (κ1) is 40.5. The van der Waals surface area contributed by atoms with Gasteiger partial charge in [-0.25, -0.2) is 18.2 Å². The lowest BCUT2D eigenvalue weighted by Gasteiger charge is -2.42. The molecule has 0 bridgehead atoms. The molecule has 0 aromatic carbocycles. The van der Waals surface area contributed by atoms with Crippen molar-refractivity contribution in [2.75, 3.05) is 26.2 Å². The number of carbonyl (C=O) groups is 8. The molecule has 0 saturated carbocycles. The highest BCUT2D eigenvalue weighted by atomic mass is 32.2. The van der Waals surface area contributed by atoms with E-state index in [1.807, 2.05) is 0 Å². The van der Waals surface area contributed by atoms with Gasteiger partial charge in [-0.2, -0.15) is 16.8 Å². The van der Waals surface area contributed by atoms with Crippen molar-refractivity contribution in [2.45, 2.75) is 100 Å². The van der Waals surface area contributed by atoms with Crippen molar-refractivity contribution >= 4 is 68.2 Å². The molecular formula is C28H41N9O15S2. The van der Waals surface area contributed by atoms with E-state index < -0.39 is 86.6 Å². The third kappa shape index (κ3) is 8.82. The molecule has 6 atom stereocenters. The molecule has 7 heterocycles. The molecule has 0 spiro atoms. The Morgan fingerprint density at radius 1 is 0.685 bits per heavy atom. The second kappa shape index (κ2) is 16.4. The molecule has 0 aromatic rings. The molecule has 7 N–H and O–H groups in total. The van der Waals surface area contributed by atoms with E-state index >= 15 is 0 Å². The first-order valence-corrected chi connectivity index (χ1v) is 20.0. The highest BCUT2D eigenvalue weighted by Gasteiger charge is 2.60. The lowest BCUT2D eigenvalue weighted by molar-refractivity contribution is -0.171. The number of amides is 9. The van der Waals surface area contributed by atoms with Crippen molar-refractivity contribution in [3.05, 3.63) is 0 Å². The molecule has 26 heteroatoms. The van der Waals surface area contributed by atoms with Gasteiger partial charge in [-0.3, -0.25) is 37.9 Å². The minimum absolute atomic E-state index is 0.0377. The van der Waals surface area contributed by atoms with Crippen molar-refractivity contribution in [3.8, 4) is 0 Å². The number of nitrogens with zero attached hydrogens (tertiary/aromatic N) is 4. The summed E-state index contributed by atoms with van der Waals surface area (Å²) in [4.78, 5) is 98.6. The van der Waals surface area contributed by atoms with Crippen molar-refractivity contribution < 1.29 is 69.1 Å². The number of fused-ring (bicyclic) bond motifs is 2. The highest BCUT2D eigenvalue weighted by molar-refractivity contribution is 7.84. The van der Waals surface area contributed by atoms with Gasteiger partial charge in [-0.05, 0) is 57.9 Å². The van der Waals surface area contributed by atoms with Crippen LogP contribution < -0.4 is 26.6 Å². The van der Waals surface area contributed by atoms with Gasteiger partial charge in [0.15, 0.2) is 0 Å². The van der Waals surface area contributed by atoms with Crippen LogP contribution in [0.25, 0.3) is 0 Å². The molecule has 7 saturated heterocycles. The average Bonchev–Trinajstić information content (AvgIpc) is 3.66. The zero-order chi connectivity index (χ0) is 39.5. The summed E-state index contributed by atoms with van der Waals surface area (Å²) in [5, 5.41) is 13.6. The van der Waals surface area contributed by atoms with E-state index in [0.717, 1.165) is 25.7 Å². The van der Waals surface area contributed by atoms with Crippen LogP contribution in [0.2, 0.25) is 0 Å². The average molecular weight is 808 g/mol. The number of likely N-dealkylation sites (tertiary alicyclic amines) is 1. The van der Waals surface area contributed by atoms with Crippen molar-refractivity contribution in [1.29, 1.82) is 0 Å². The van der Waals surface area contributed by atoms with Crippen LogP contribution in [0.3, 0.4) is 0 Å². The molecule has 7 rings (SSSR count). The maximum Gasteiger partial charge on any atom is 0.432 e. The molecule has 54 heavy (non-hydrogen) atoms. The largest absolute Gasteiger partial charge is 0.432 e. The smallest absolute Gasteiger partial charge is 0.354 e. The number of hydroxylamine groups is 2. The van der Waals surface area contributed by atoms with Crippen molar-refractivity contribution in [1.82, 2.24) is 45.2 Å². The number of β-lactam (4-membered cyclic amide) rings is 2. The van der Waals surface area contributed by atoms with Gasteiger partial charge in [0.05, 0.1) is 12.1 Å². The maximum absolute atomic E-state index is 12.3.